The van der Waals surface area contributed by atoms with Crippen molar-refractivity contribution in [2.75, 3.05) is 6.61 Å². The van der Waals surface area contributed by atoms with Gasteiger partial charge in [-0.2, -0.15) is 0 Å². The minimum atomic E-state index is -0.355. The van der Waals surface area contributed by atoms with Crippen molar-refractivity contribution in [1.82, 2.24) is 0 Å². The summed E-state index contributed by atoms with van der Waals surface area (Å²) >= 11 is 0. The summed E-state index contributed by atoms with van der Waals surface area (Å²) in [6, 6.07) is 22.3. The lowest BCUT2D eigenvalue weighted by Crippen LogP contribution is -2.24. The number of benzene rings is 3. The molecule has 0 aliphatic heterocycles. The highest BCUT2D eigenvalue weighted by Crippen LogP contribution is 2.50. The van der Waals surface area contributed by atoms with Crippen LogP contribution in [0.15, 0.2) is 79.9 Å². The number of hydrogen-bond donors (Lipinski definition) is 0. The average Bonchev–Trinajstić information content (AvgIpc) is 3.41. The first-order valence-corrected chi connectivity index (χ1v) is 14.8. The zero-order valence-corrected chi connectivity index (χ0v) is 25.3. The maximum Gasteiger partial charge on any atom is 0.0875 e. The second-order valence-electron chi connectivity index (χ2n) is 12.9. The molecule has 1 nitrogen and oxygen atoms in total. The Morgan fingerprint density at radius 1 is 0.900 bits per heavy atom. The third-order valence-electron chi connectivity index (χ3n) is 9.19. The first-order chi connectivity index (χ1) is 19.0. The largest absolute Gasteiger partial charge is 0.371 e. The van der Waals surface area contributed by atoms with Crippen LogP contribution in [0.3, 0.4) is 0 Å². The van der Waals surface area contributed by atoms with Crippen molar-refractivity contribution < 1.29 is 4.74 Å². The Hall–Kier alpha value is -3.42. The molecular weight excluding hydrogens is 484 g/mol. The smallest absolute Gasteiger partial charge is 0.0875 e. The SMILES string of the molecule is C=CC(C)CC(=C)c1c2c3cccc4cccc(c-2c(-c2ccc(C(C)(C)OCCC(C)(C)CC)cc2)c1=C)c43. The van der Waals surface area contributed by atoms with Gasteiger partial charge in [-0.25, -0.2) is 0 Å². The average molecular weight is 529 g/mol. The van der Waals surface area contributed by atoms with Gasteiger partial charge < -0.3 is 4.74 Å². The second kappa shape index (κ2) is 10.5. The van der Waals surface area contributed by atoms with E-state index in [0.29, 0.717) is 11.3 Å². The summed E-state index contributed by atoms with van der Waals surface area (Å²) in [6.45, 7) is 27.5. The van der Waals surface area contributed by atoms with Gasteiger partial charge in [-0.15, -0.1) is 6.58 Å². The summed E-state index contributed by atoms with van der Waals surface area (Å²) < 4.78 is 6.43. The molecule has 0 saturated heterocycles. The molecule has 0 saturated carbocycles. The van der Waals surface area contributed by atoms with Gasteiger partial charge in [0.1, 0.15) is 0 Å². The van der Waals surface area contributed by atoms with Crippen LogP contribution in [0.5, 0.6) is 0 Å². The predicted octanol–water partition coefficient (Wildman–Crippen LogP) is 10.6. The molecule has 2 aliphatic carbocycles. The normalized spacial score (nSPS) is 13.4. The van der Waals surface area contributed by atoms with E-state index in [-0.39, 0.29) is 5.60 Å². The Morgan fingerprint density at radius 2 is 1.52 bits per heavy atom. The van der Waals surface area contributed by atoms with Crippen molar-refractivity contribution in [1.29, 1.82) is 0 Å². The summed E-state index contributed by atoms with van der Waals surface area (Å²) in [6.07, 6.45) is 5.09. The van der Waals surface area contributed by atoms with Crippen molar-refractivity contribution in [2.24, 2.45) is 11.3 Å². The van der Waals surface area contributed by atoms with Crippen LogP contribution < -0.4 is 5.22 Å². The third kappa shape index (κ3) is 4.86. The molecule has 206 valence electrons. The summed E-state index contributed by atoms with van der Waals surface area (Å²) in [5, 5.41) is 6.28. The standard InChI is InChI=1S/C39H44O/c1-10-25(3)24-26(4)33-27(5)34(37-32-17-13-15-28-14-12-16-31(35(28)32)36(33)37)29-18-20-30(21-19-29)39(8,9)40-23-22-38(6,7)11-2/h10,12-21,25H,1,4-5,11,22-24H2,2-3,6-9H3. The molecule has 0 N–H and O–H groups in total. The molecule has 0 radical (unpaired) electrons. The third-order valence-corrected chi connectivity index (χ3v) is 9.19. The van der Waals surface area contributed by atoms with E-state index in [0.717, 1.165) is 36.7 Å². The number of fused-ring (bicyclic) bond motifs is 3. The van der Waals surface area contributed by atoms with Gasteiger partial charge in [-0.3, -0.25) is 0 Å². The highest BCUT2D eigenvalue weighted by atomic mass is 16.5. The van der Waals surface area contributed by atoms with E-state index in [2.05, 4.69) is 122 Å². The maximum atomic E-state index is 6.43. The van der Waals surface area contributed by atoms with E-state index in [1.165, 1.54) is 54.9 Å². The van der Waals surface area contributed by atoms with Gasteiger partial charge in [0.25, 0.3) is 0 Å². The number of rotatable bonds is 11. The fourth-order valence-electron chi connectivity index (χ4n) is 6.14. The quantitative estimate of drug-likeness (QED) is 0.155. The molecule has 40 heavy (non-hydrogen) atoms. The Balaban J connectivity index is 1.61. The van der Waals surface area contributed by atoms with Crippen LogP contribution in [0.25, 0.3) is 56.0 Å². The summed E-state index contributed by atoms with van der Waals surface area (Å²) in [5.74, 6) is 0.352. The van der Waals surface area contributed by atoms with Crippen LogP contribution in [0.1, 0.15) is 71.9 Å². The molecule has 1 atom stereocenters. The van der Waals surface area contributed by atoms with Crippen molar-refractivity contribution in [3.8, 4) is 22.3 Å². The molecule has 3 aromatic rings. The van der Waals surface area contributed by atoms with Gasteiger partial charge >= 0.3 is 0 Å². The fourth-order valence-corrected chi connectivity index (χ4v) is 6.14. The molecular formula is C39H44O. The van der Waals surface area contributed by atoms with Crippen LogP contribution in [0.4, 0.5) is 0 Å². The van der Waals surface area contributed by atoms with Crippen LogP contribution in [-0.2, 0) is 10.3 Å². The van der Waals surface area contributed by atoms with Crippen molar-refractivity contribution in [3.63, 3.8) is 0 Å². The van der Waals surface area contributed by atoms with Crippen LogP contribution in [-0.4, -0.2) is 6.61 Å². The predicted molar refractivity (Wildman–Crippen MR) is 176 cm³/mol. The first-order valence-electron chi connectivity index (χ1n) is 14.8. The Morgan fingerprint density at radius 3 is 2.12 bits per heavy atom. The van der Waals surface area contributed by atoms with Gasteiger partial charge in [-0.1, -0.05) is 114 Å². The minimum absolute atomic E-state index is 0.300. The molecule has 0 bridgehead atoms. The molecule has 0 spiro atoms. The van der Waals surface area contributed by atoms with Gasteiger partial charge in [0.15, 0.2) is 0 Å². The molecule has 5 rings (SSSR count). The van der Waals surface area contributed by atoms with E-state index < -0.39 is 0 Å². The lowest BCUT2D eigenvalue weighted by Gasteiger charge is -2.29. The topological polar surface area (TPSA) is 9.23 Å². The zero-order valence-electron chi connectivity index (χ0n) is 25.3. The highest BCUT2D eigenvalue weighted by molar-refractivity contribution is 6.28. The van der Waals surface area contributed by atoms with Crippen LogP contribution in [0.2, 0.25) is 0 Å². The molecule has 3 aromatic carbocycles. The van der Waals surface area contributed by atoms with Gasteiger partial charge in [0.2, 0.25) is 0 Å². The van der Waals surface area contributed by atoms with Crippen molar-refractivity contribution in [3.05, 3.63) is 96.2 Å². The van der Waals surface area contributed by atoms with Crippen molar-refractivity contribution >= 4 is 33.7 Å². The fraction of sp³-hybridized carbons (Fsp3) is 0.333. The van der Waals surface area contributed by atoms with E-state index in [4.69, 9.17) is 4.74 Å². The van der Waals surface area contributed by atoms with E-state index in [9.17, 15) is 0 Å². The summed E-state index contributed by atoms with van der Waals surface area (Å²) in [4.78, 5) is 0. The molecule has 2 aliphatic rings. The molecule has 0 amide bonds. The summed E-state index contributed by atoms with van der Waals surface area (Å²) in [7, 11) is 0. The van der Waals surface area contributed by atoms with E-state index in [1.54, 1.807) is 0 Å². The molecule has 1 unspecified atom stereocenters. The van der Waals surface area contributed by atoms with Gasteiger partial charge in [0, 0.05) is 6.61 Å². The Bertz CT molecular complexity index is 1680. The Labute approximate surface area is 240 Å². The zero-order chi connectivity index (χ0) is 28.8. The summed E-state index contributed by atoms with van der Waals surface area (Å²) in [5.41, 5.74) is 8.46. The number of hydrogen-bond acceptors (Lipinski definition) is 1. The lowest BCUT2D eigenvalue weighted by molar-refractivity contribution is -0.0333. The Kier molecular flexibility index (Phi) is 7.40. The van der Waals surface area contributed by atoms with E-state index in [1.807, 2.05) is 6.08 Å². The van der Waals surface area contributed by atoms with Crippen molar-refractivity contribution in [2.45, 2.75) is 66.4 Å². The van der Waals surface area contributed by atoms with Crippen LogP contribution in [0, 0.1) is 11.3 Å². The highest BCUT2D eigenvalue weighted by Gasteiger charge is 2.29. The molecule has 1 heteroatoms. The first kappa shape index (κ1) is 28.1. The maximum absolute atomic E-state index is 6.43. The molecule has 0 fully saturated rings. The molecule has 0 aromatic heterocycles. The monoisotopic (exact) mass is 528 g/mol. The lowest BCUT2D eigenvalue weighted by atomic mass is 9.87. The van der Waals surface area contributed by atoms with E-state index >= 15 is 0 Å². The number of ether oxygens (including phenoxy) is 1. The van der Waals surface area contributed by atoms with Gasteiger partial charge in [0.05, 0.1) is 5.60 Å². The second-order valence-corrected chi connectivity index (χ2v) is 12.9. The van der Waals surface area contributed by atoms with Gasteiger partial charge in [-0.05, 0) is 104 Å². The molecule has 0 heterocycles. The number of allylic oxidation sites excluding steroid dienone is 2. The minimum Gasteiger partial charge on any atom is -0.371 e. The van der Waals surface area contributed by atoms with Crippen LogP contribution >= 0.6 is 0 Å².